The molecule has 2 heterocycles. The number of ether oxygens (including phenoxy) is 1. The molecule has 0 saturated heterocycles. The molecular formula is C13H12ClN3O2S. The Balaban J connectivity index is 1.72. The van der Waals surface area contributed by atoms with E-state index in [0.717, 1.165) is 10.6 Å². The second-order valence-corrected chi connectivity index (χ2v) is 6.09. The molecule has 3 rings (SSSR count). The molecule has 0 bridgehead atoms. The zero-order valence-electron chi connectivity index (χ0n) is 10.6. The highest BCUT2D eigenvalue weighted by atomic mass is 35.5. The van der Waals surface area contributed by atoms with Crippen molar-refractivity contribution in [3.63, 3.8) is 0 Å². The normalized spacial score (nSPS) is 17.1. The lowest BCUT2D eigenvalue weighted by Gasteiger charge is -2.23. The third-order valence-corrected chi connectivity index (χ3v) is 4.02. The van der Waals surface area contributed by atoms with Crippen molar-refractivity contribution in [3.05, 3.63) is 33.7 Å². The fraction of sp³-hybridized carbons (Fsp3) is 0.231. The lowest BCUT2D eigenvalue weighted by atomic mass is 10.2. The van der Waals surface area contributed by atoms with E-state index >= 15 is 0 Å². The molecule has 0 aliphatic carbocycles. The summed E-state index contributed by atoms with van der Waals surface area (Å²) in [5, 5.41) is 6.07. The van der Waals surface area contributed by atoms with Gasteiger partial charge in [0.1, 0.15) is 5.75 Å². The first kappa shape index (κ1) is 13.2. The number of benzene rings is 1. The SMILES string of the molecule is CC1Oc2ccc(NCc3cnc(Cl)s3)cc2NC1=O. The van der Waals surface area contributed by atoms with E-state index in [1.165, 1.54) is 11.3 Å². The minimum absolute atomic E-state index is 0.135. The Hall–Kier alpha value is -1.79. The number of aromatic nitrogens is 1. The van der Waals surface area contributed by atoms with Crippen molar-refractivity contribution in [2.75, 3.05) is 10.6 Å². The van der Waals surface area contributed by atoms with Gasteiger partial charge in [-0.3, -0.25) is 4.79 Å². The van der Waals surface area contributed by atoms with Crippen LogP contribution in [-0.4, -0.2) is 17.0 Å². The maximum Gasteiger partial charge on any atom is 0.265 e. The molecule has 2 aromatic rings. The third-order valence-electron chi connectivity index (χ3n) is 2.90. The largest absolute Gasteiger partial charge is 0.479 e. The standard InChI is InChI=1S/C13H12ClN3O2S/c1-7-12(18)17-10-4-8(2-3-11(10)19-7)15-5-9-6-16-13(14)20-9/h2-4,6-7,15H,5H2,1H3,(H,17,18). The molecule has 1 amide bonds. The van der Waals surface area contributed by atoms with Crippen molar-refractivity contribution in [2.24, 2.45) is 0 Å². The van der Waals surface area contributed by atoms with Crippen LogP contribution < -0.4 is 15.4 Å². The summed E-state index contributed by atoms with van der Waals surface area (Å²) in [6.07, 6.45) is 1.28. The minimum atomic E-state index is -0.458. The van der Waals surface area contributed by atoms with Crippen molar-refractivity contribution in [1.29, 1.82) is 0 Å². The zero-order chi connectivity index (χ0) is 14.1. The van der Waals surface area contributed by atoms with Crippen LogP contribution in [0.3, 0.4) is 0 Å². The molecule has 1 atom stereocenters. The molecule has 0 radical (unpaired) electrons. The number of hydrogen-bond acceptors (Lipinski definition) is 5. The molecule has 2 N–H and O–H groups in total. The van der Waals surface area contributed by atoms with Crippen molar-refractivity contribution in [1.82, 2.24) is 4.98 Å². The summed E-state index contributed by atoms with van der Waals surface area (Å²) in [5.41, 5.74) is 1.58. The number of rotatable bonds is 3. The van der Waals surface area contributed by atoms with Crippen LogP contribution in [0.1, 0.15) is 11.8 Å². The number of nitrogens with zero attached hydrogens (tertiary/aromatic N) is 1. The molecule has 104 valence electrons. The van der Waals surface area contributed by atoms with E-state index in [0.29, 0.717) is 22.4 Å². The average Bonchev–Trinajstić information content (AvgIpc) is 2.84. The highest BCUT2D eigenvalue weighted by Gasteiger charge is 2.23. The summed E-state index contributed by atoms with van der Waals surface area (Å²) in [5.74, 6) is 0.548. The summed E-state index contributed by atoms with van der Waals surface area (Å²) in [6, 6.07) is 5.60. The Labute approximate surface area is 124 Å². The topological polar surface area (TPSA) is 63.2 Å². The van der Waals surface area contributed by atoms with Crippen LogP contribution in [0.15, 0.2) is 24.4 Å². The summed E-state index contributed by atoms with van der Waals surface area (Å²) < 4.78 is 6.03. The first-order chi connectivity index (χ1) is 9.61. The Morgan fingerprint density at radius 2 is 2.40 bits per heavy atom. The lowest BCUT2D eigenvalue weighted by molar-refractivity contribution is -0.122. The molecule has 1 aromatic carbocycles. The lowest BCUT2D eigenvalue weighted by Crippen LogP contribution is -2.34. The predicted octanol–water partition coefficient (Wildman–Crippen LogP) is 3.13. The summed E-state index contributed by atoms with van der Waals surface area (Å²) in [4.78, 5) is 16.6. The van der Waals surface area contributed by atoms with Gasteiger partial charge in [-0.15, -0.1) is 11.3 Å². The van der Waals surface area contributed by atoms with E-state index < -0.39 is 6.10 Å². The Kier molecular flexibility index (Phi) is 3.50. The summed E-state index contributed by atoms with van der Waals surface area (Å²) >= 11 is 7.22. The van der Waals surface area contributed by atoms with Crippen LogP contribution in [0.2, 0.25) is 4.47 Å². The van der Waals surface area contributed by atoms with Gasteiger partial charge in [0.25, 0.3) is 5.91 Å². The summed E-state index contributed by atoms with van der Waals surface area (Å²) in [7, 11) is 0. The number of carbonyl (C=O) groups is 1. The molecule has 0 saturated carbocycles. The molecule has 0 fully saturated rings. The van der Waals surface area contributed by atoms with Gasteiger partial charge in [0.15, 0.2) is 10.6 Å². The van der Waals surface area contributed by atoms with Crippen molar-refractivity contribution >= 4 is 40.2 Å². The van der Waals surface area contributed by atoms with Crippen LogP contribution in [-0.2, 0) is 11.3 Å². The smallest absolute Gasteiger partial charge is 0.265 e. The first-order valence-electron chi connectivity index (χ1n) is 6.07. The fourth-order valence-electron chi connectivity index (χ4n) is 1.87. The second kappa shape index (κ2) is 5.30. The van der Waals surface area contributed by atoms with Gasteiger partial charge in [-0.25, -0.2) is 4.98 Å². The molecule has 7 heteroatoms. The fourth-order valence-corrected chi connectivity index (χ4v) is 2.79. The highest BCUT2D eigenvalue weighted by Crippen LogP contribution is 2.32. The number of carbonyl (C=O) groups excluding carboxylic acids is 1. The van der Waals surface area contributed by atoms with E-state index in [2.05, 4.69) is 15.6 Å². The van der Waals surface area contributed by atoms with E-state index in [-0.39, 0.29) is 5.91 Å². The van der Waals surface area contributed by atoms with Gasteiger partial charge in [-0.1, -0.05) is 11.6 Å². The van der Waals surface area contributed by atoms with Crippen LogP contribution in [0.4, 0.5) is 11.4 Å². The van der Waals surface area contributed by atoms with Gasteiger partial charge < -0.3 is 15.4 Å². The first-order valence-corrected chi connectivity index (χ1v) is 7.27. The Bertz CT molecular complexity index is 659. The van der Waals surface area contributed by atoms with Gasteiger partial charge >= 0.3 is 0 Å². The number of halogens is 1. The number of fused-ring (bicyclic) bond motifs is 1. The molecule has 1 unspecified atom stereocenters. The number of hydrogen-bond donors (Lipinski definition) is 2. The Morgan fingerprint density at radius 3 is 3.15 bits per heavy atom. The monoisotopic (exact) mass is 309 g/mol. The second-order valence-electron chi connectivity index (χ2n) is 4.39. The van der Waals surface area contributed by atoms with E-state index in [1.54, 1.807) is 13.1 Å². The number of amides is 1. The van der Waals surface area contributed by atoms with E-state index in [4.69, 9.17) is 16.3 Å². The van der Waals surface area contributed by atoms with Crippen LogP contribution >= 0.6 is 22.9 Å². The van der Waals surface area contributed by atoms with Gasteiger partial charge in [0.2, 0.25) is 0 Å². The number of anilines is 2. The molecule has 0 spiro atoms. The van der Waals surface area contributed by atoms with E-state index in [1.807, 2.05) is 18.2 Å². The molecule has 1 aromatic heterocycles. The van der Waals surface area contributed by atoms with Gasteiger partial charge in [-0.2, -0.15) is 0 Å². The van der Waals surface area contributed by atoms with Crippen molar-refractivity contribution in [2.45, 2.75) is 19.6 Å². The average molecular weight is 310 g/mol. The third kappa shape index (κ3) is 2.71. The molecule has 5 nitrogen and oxygen atoms in total. The molecule has 1 aliphatic heterocycles. The van der Waals surface area contributed by atoms with Crippen molar-refractivity contribution < 1.29 is 9.53 Å². The molecular weight excluding hydrogens is 298 g/mol. The molecule has 20 heavy (non-hydrogen) atoms. The zero-order valence-corrected chi connectivity index (χ0v) is 12.2. The maximum absolute atomic E-state index is 11.6. The number of nitrogens with one attached hydrogen (secondary N) is 2. The predicted molar refractivity (Wildman–Crippen MR) is 79.6 cm³/mol. The van der Waals surface area contributed by atoms with Crippen LogP contribution in [0.25, 0.3) is 0 Å². The minimum Gasteiger partial charge on any atom is -0.479 e. The summed E-state index contributed by atoms with van der Waals surface area (Å²) in [6.45, 7) is 2.35. The van der Waals surface area contributed by atoms with E-state index in [9.17, 15) is 4.79 Å². The van der Waals surface area contributed by atoms with Gasteiger partial charge in [-0.05, 0) is 25.1 Å². The maximum atomic E-state index is 11.6. The van der Waals surface area contributed by atoms with Gasteiger partial charge in [0.05, 0.1) is 12.2 Å². The van der Waals surface area contributed by atoms with Crippen LogP contribution in [0.5, 0.6) is 5.75 Å². The van der Waals surface area contributed by atoms with Gasteiger partial charge in [0, 0.05) is 16.8 Å². The number of thiazole rings is 1. The van der Waals surface area contributed by atoms with Crippen molar-refractivity contribution in [3.8, 4) is 5.75 Å². The highest BCUT2D eigenvalue weighted by molar-refractivity contribution is 7.15. The Morgan fingerprint density at radius 1 is 1.55 bits per heavy atom. The molecule has 1 aliphatic rings. The van der Waals surface area contributed by atoms with Crippen LogP contribution in [0, 0.1) is 0 Å². The quantitative estimate of drug-likeness (QED) is 0.914.